The monoisotopic (exact) mass is 222 g/mol. The molecule has 0 aliphatic rings. The van der Waals surface area contributed by atoms with Crippen LogP contribution in [0.2, 0.25) is 0 Å². The highest BCUT2D eigenvalue weighted by molar-refractivity contribution is 6.29. The Morgan fingerprint density at radius 2 is 1.60 bits per heavy atom. The summed E-state index contributed by atoms with van der Waals surface area (Å²) in [5.74, 6) is 1.03. The minimum atomic E-state index is -0.0209. The summed E-state index contributed by atoms with van der Waals surface area (Å²) in [4.78, 5) is 0. The molecular weight excluding hydrogens is 214 g/mol. The lowest BCUT2D eigenvalue weighted by molar-refractivity contribution is 0.723. The molecule has 0 spiro atoms. The fourth-order valence-electron chi connectivity index (χ4n) is 0.577. The molecule has 0 saturated heterocycles. The van der Waals surface area contributed by atoms with Crippen molar-refractivity contribution in [2.24, 2.45) is 0 Å². The zero-order valence-electron chi connectivity index (χ0n) is 5.49. The van der Waals surface area contributed by atoms with Crippen LogP contribution in [-0.2, 0) is 0 Å². The number of halogens is 4. The van der Waals surface area contributed by atoms with Crippen molar-refractivity contribution in [3.05, 3.63) is 0 Å². The largest absolute Gasteiger partial charge is 0.127 e. The van der Waals surface area contributed by atoms with Gasteiger partial charge in [0.2, 0.25) is 0 Å². The summed E-state index contributed by atoms with van der Waals surface area (Å²) in [5, 5.41) is 0.0473. The third-order valence-electron chi connectivity index (χ3n) is 1.10. The standard InChI is InChI=1S/C6H10Cl4/c7-2-1-5(9)3-6(10)4-8/h5-6H,1-4H2. The summed E-state index contributed by atoms with van der Waals surface area (Å²) in [6.45, 7) is 0. The Morgan fingerprint density at radius 1 is 1.00 bits per heavy atom. The van der Waals surface area contributed by atoms with E-state index in [0.29, 0.717) is 11.8 Å². The lowest BCUT2D eigenvalue weighted by Crippen LogP contribution is -2.10. The minimum absolute atomic E-state index is 0.0209. The third-order valence-corrected chi connectivity index (χ3v) is 2.58. The first kappa shape index (κ1) is 11.2. The predicted molar refractivity (Wildman–Crippen MR) is 50.0 cm³/mol. The predicted octanol–water partition coefficient (Wildman–Crippen LogP) is 3.46. The highest BCUT2D eigenvalue weighted by atomic mass is 35.5. The fraction of sp³-hybridized carbons (Fsp3) is 1.00. The van der Waals surface area contributed by atoms with E-state index in [1.807, 2.05) is 0 Å². The van der Waals surface area contributed by atoms with Gasteiger partial charge in [0.15, 0.2) is 0 Å². The number of hydrogen-bond donors (Lipinski definition) is 0. The van der Waals surface area contributed by atoms with Crippen molar-refractivity contribution in [3.63, 3.8) is 0 Å². The van der Waals surface area contributed by atoms with E-state index in [-0.39, 0.29) is 10.8 Å². The lowest BCUT2D eigenvalue weighted by Gasteiger charge is -2.09. The summed E-state index contributed by atoms with van der Waals surface area (Å²) in [5.41, 5.74) is 0. The molecule has 0 rings (SSSR count). The van der Waals surface area contributed by atoms with E-state index in [9.17, 15) is 0 Å². The van der Waals surface area contributed by atoms with Gasteiger partial charge in [-0.2, -0.15) is 0 Å². The van der Waals surface area contributed by atoms with Crippen LogP contribution in [0.3, 0.4) is 0 Å². The summed E-state index contributed by atoms with van der Waals surface area (Å²) in [7, 11) is 0. The topological polar surface area (TPSA) is 0 Å². The quantitative estimate of drug-likeness (QED) is 0.627. The molecule has 0 radical (unpaired) electrons. The van der Waals surface area contributed by atoms with Crippen LogP contribution in [-0.4, -0.2) is 22.5 Å². The molecule has 0 bridgehead atoms. The van der Waals surface area contributed by atoms with E-state index in [1.54, 1.807) is 0 Å². The van der Waals surface area contributed by atoms with Crippen LogP contribution in [0.1, 0.15) is 12.8 Å². The molecule has 10 heavy (non-hydrogen) atoms. The first-order valence-electron chi connectivity index (χ1n) is 3.10. The summed E-state index contributed by atoms with van der Waals surface area (Å²) in [6.07, 6.45) is 1.53. The van der Waals surface area contributed by atoms with Crippen LogP contribution in [0.15, 0.2) is 0 Å². The molecule has 0 fully saturated rings. The molecule has 0 aromatic rings. The highest BCUT2D eigenvalue weighted by Crippen LogP contribution is 2.15. The molecular formula is C6H10Cl4. The molecule has 0 saturated carbocycles. The van der Waals surface area contributed by atoms with Crippen LogP contribution >= 0.6 is 46.4 Å². The smallest absolute Gasteiger partial charge is 0.0485 e. The zero-order valence-corrected chi connectivity index (χ0v) is 8.52. The van der Waals surface area contributed by atoms with Gasteiger partial charge in [-0.05, 0) is 12.8 Å². The van der Waals surface area contributed by atoms with E-state index < -0.39 is 0 Å². The van der Waals surface area contributed by atoms with Crippen molar-refractivity contribution in [3.8, 4) is 0 Å². The van der Waals surface area contributed by atoms with E-state index in [4.69, 9.17) is 46.4 Å². The SMILES string of the molecule is ClCCC(Cl)CC(Cl)CCl. The first-order chi connectivity index (χ1) is 4.70. The molecule has 0 amide bonds. The summed E-state index contributed by atoms with van der Waals surface area (Å²) >= 11 is 22.5. The average molecular weight is 224 g/mol. The van der Waals surface area contributed by atoms with Crippen LogP contribution in [0.5, 0.6) is 0 Å². The Morgan fingerprint density at radius 3 is 2.00 bits per heavy atom. The molecule has 0 aromatic carbocycles. The lowest BCUT2D eigenvalue weighted by atomic mass is 10.2. The van der Waals surface area contributed by atoms with E-state index in [1.165, 1.54) is 0 Å². The van der Waals surface area contributed by atoms with E-state index in [0.717, 1.165) is 12.8 Å². The van der Waals surface area contributed by atoms with E-state index >= 15 is 0 Å². The average Bonchev–Trinajstić information content (AvgIpc) is 1.88. The van der Waals surface area contributed by atoms with Gasteiger partial charge in [-0.1, -0.05) is 0 Å². The number of alkyl halides is 4. The van der Waals surface area contributed by atoms with Crippen molar-refractivity contribution in [2.45, 2.75) is 23.6 Å². The second-order valence-corrected chi connectivity index (χ2v) is 3.98. The van der Waals surface area contributed by atoms with Gasteiger partial charge in [0.05, 0.1) is 0 Å². The van der Waals surface area contributed by atoms with Gasteiger partial charge < -0.3 is 0 Å². The maximum absolute atomic E-state index is 5.83. The maximum atomic E-state index is 5.83. The highest BCUT2D eigenvalue weighted by Gasteiger charge is 2.10. The Kier molecular flexibility index (Phi) is 7.64. The van der Waals surface area contributed by atoms with Gasteiger partial charge in [0.1, 0.15) is 0 Å². The first-order valence-corrected chi connectivity index (χ1v) is 5.05. The van der Waals surface area contributed by atoms with E-state index in [2.05, 4.69) is 0 Å². The molecule has 62 valence electrons. The Labute approximate surface area is 81.8 Å². The molecule has 2 atom stereocenters. The third kappa shape index (κ3) is 5.91. The van der Waals surface area contributed by atoms with Crippen LogP contribution in [0, 0.1) is 0 Å². The second-order valence-electron chi connectivity index (χ2n) is 2.06. The van der Waals surface area contributed by atoms with Crippen LogP contribution < -0.4 is 0 Å². The molecule has 0 aliphatic heterocycles. The van der Waals surface area contributed by atoms with Gasteiger partial charge in [0.25, 0.3) is 0 Å². The molecule has 0 N–H and O–H groups in total. The van der Waals surface area contributed by atoms with Crippen molar-refractivity contribution < 1.29 is 0 Å². The van der Waals surface area contributed by atoms with Crippen molar-refractivity contribution >= 4 is 46.4 Å². The number of rotatable bonds is 5. The Balaban J connectivity index is 3.27. The summed E-state index contributed by atoms with van der Waals surface area (Å²) < 4.78 is 0. The normalized spacial score (nSPS) is 16.8. The Hall–Kier alpha value is 1.16. The summed E-state index contributed by atoms with van der Waals surface area (Å²) in [6, 6.07) is 0. The second kappa shape index (κ2) is 6.84. The molecule has 4 heteroatoms. The van der Waals surface area contributed by atoms with Gasteiger partial charge in [-0.3, -0.25) is 0 Å². The van der Waals surface area contributed by atoms with Crippen LogP contribution in [0.4, 0.5) is 0 Å². The maximum Gasteiger partial charge on any atom is 0.0485 e. The van der Waals surface area contributed by atoms with Crippen molar-refractivity contribution in [1.29, 1.82) is 0 Å². The molecule has 0 heterocycles. The molecule has 2 unspecified atom stereocenters. The minimum Gasteiger partial charge on any atom is -0.127 e. The van der Waals surface area contributed by atoms with Gasteiger partial charge in [-0.15, -0.1) is 46.4 Å². The van der Waals surface area contributed by atoms with Gasteiger partial charge in [0, 0.05) is 22.5 Å². The molecule has 0 nitrogen and oxygen atoms in total. The van der Waals surface area contributed by atoms with Gasteiger partial charge >= 0.3 is 0 Å². The van der Waals surface area contributed by atoms with Gasteiger partial charge in [-0.25, -0.2) is 0 Å². The Bertz CT molecular complexity index is 76.1. The van der Waals surface area contributed by atoms with Crippen molar-refractivity contribution in [1.82, 2.24) is 0 Å². The number of hydrogen-bond acceptors (Lipinski definition) is 0. The molecule has 0 aromatic heterocycles. The fourth-order valence-corrected chi connectivity index (χ4v) is 1.71. The van der Waals surface area contributed by atoms with Crippen LogP contribution in [0.25, 0.3) is 0 Å². The zero-order chi connectivity index (χ0) is 7.98. The van der Waals surface area contributed by atoms with Crippen molar-refractivity contribution in [2.75, 3.05) is 11.8 Å². The molecule has 0 aliphatic carbocycles.